The van der Waals surface area contributed by atoms with Gasteiger partial charge >= 0.3 is 0 Å². The highest BCUT2D eigenvalue weighted by molar-refractivity contribution is 6.00. The standard InChI is InChI=1S/C25H32FN7O3/c1-27-22-13-21(29-20-9-5-11-32(25(20)35)17-7-3-8-18(12-17)36-2)30-23-19(14-28-33(22)23)24(34)31-10-4-6-16(26)15-31/h5,9,11,13-14,16-18,27H,3-4,6-8,10,12,15H2,1-2H3,(H,29,30)/t16-,17+,18+/m0/s1. The van der Waals surface area contributed by atoms with Crippen molar-refractivity contribution in [1.82, 2.24) is 24.1 Å². The molecular weight excluding hydrogens is 465 g/mol. The van der Waals surface area contributed by atoms with E-state index in [0.29, 0.717) is 47.9 Å². The molecule has 10 nitrogen and oxygen atoms in total. The van der Waals surface area contributed by atoms with E-state index in [0.717, 1.165) is 25.7 Å². The Balaban J connectivity index is 1.46. The van der Waals surface area contributed by atoms with Crippen LogP contribution in [-0.2, 0) is 4.74 Å². The maximum atomic E-state index is 13.9. The Morgan fingerprint density at radius 2 is 2.11 bits per heavy atom. The summed E-state index contributed by atoms with van der Waals surface area (Å²) in [5.74, 6) is 0.692. The Morgan fingerprint density at radius 1 is 1.25 bits per heavy atom. The highest BCUT2D eigenvalue weighted by atomic mass is 19.1. The Morgan fingerprint density at radius 3 is 2.89 bits per heavy atom. The van der Waals surface area contributed by atoms with Gasteiger partial charge in [-0.2, -0.15) is 9.61 Å². The molecule has 2 fully saturated rings. The van der Waals surface area contributed by atoms with Crippen LogP contribution in [0.3, 0.4) is 0 Å². The number of carbonyl (C=O) groups excluding carboxylic acids is 1. The molecule has 3 aromatic rings. The van der Waals surface area contributed by atoms with Crippen LogP contribution in [0.2, 0.25) is 0 Å². The van der Waals surface area contributed by atoms with E-state index in [-0.39, 0.29) is 30.2 Å². The minimum Gasteiger partial charge on any atom is -0.381 e. The number of hydrogen-bond donors (Lipinski definition) is 2. The molecule has 192 valence electrons. The van der Waals surface area contributed by atoms with Gasteiger partial charge in [0.25, 0.3) is 11.5 Å². The van der Waals surface area contributed by atoms with Crippen LogP contribution in [0.15, 0.2) is 35.4 Å². The van der Waals surface area contributed by atoms with E-state index in [1.165, 1.54) is 15.6 Å². The summed E-state index contributed by atoms with van der Waals surface area (Å²) < 4.78 is 22.8. The van der Waals surface area contributed by atoms with Crippen molar-refractivity contribution in [3.05, 3.63) is 46.5 Å². The van der Waals surface area contributed by atoms with Crippen LogP contribution in [0.1, 0.15) is 54.9 Å². The number of nitrogens with one attached hydrogen (secondary N) is 2. The number of anilines is 3. The van der Waals surface area contributed by atoms with Crippen molar-refractivity contribution in [1.29, 1.82) is 0 Å². The quantitative estimate of drug-likeness (QED) is 0.538. The summed E-state index contributed by atoms with van der Waals surface area (Å²) >= 11 is 0. The summed E-state index contributed by atoms with van der Waals surface area (Å²) in [4.78, 5) is 32.7. The van der Waals surface area contributed by atoms with Crippen molar-refractivity contribution in [3.8, 4) is 0 Å². The lowest BCUT2D eigenvalue weighted by Gasteiger charge is -2.29. The van der Waals surface area contributed by atoms with Gasteiger partial charge in [0.15, 0.2) is 5.65 Å². The Labute approximate surface area is 208 Å². The van der Waals surface area contributed by atoms with Gasteiger partial charge in [-0.15, -0.1) is 0 Å². The molecule has 0 radical (unpaired) electrons. The van der Waals surface area contributed by atoms with Gasteiger partial charge < -0.3 is 24.8 Å². The summed E-state index contributed by atoms with van der Waals surface area (Å²) in [5.41, 5.74) is 0.878. The second-order valence-corrected chi connectivity index (χ2v) is 9.50. The topological polar surface area (TPSA) is 106 Å². The molecule has 2 aliphatic rings. The zero-order valence-corrected chi connectivity index (χ0v) is 20.6. The first-order valence-electron chi connectivity index (χ1n) is 12.5. The van der Waals surface area contributed by atoms with Crippen LogP contribution in [-0.4, -0.2) is 69.5 Å². The van der Waals surface area contributed by atoms with Crippen molar-refractivity contribution in [2.24, 2.45) is 0 Å². The molecule has 1 aliphatic heterocycles. The highest BCUT2D eigenvalue weighted by Gasteiger charge is 2.28. The molecule has 2 N–H and O–H groups in total. The van der Waals surface area contributed by atoms with E-state index in [4.69, 9.17) is 4.74 Å². The average Bonchev–Trinajstić information content (AvgIpc) is 3.33. The number of piperidine rings is 1. The number of likely N-dealkylation sites (tertiary alicyclic amines) is 1. The van der Waals surface area contributed by atoms with E-state index in [1.807, 2.05) is 12.3 Å². The lowest BCUT2D eigenvalue weighted by molar-refractivity contribution is 0.0525. The largest absolute Gasteiger partial charge is 0.381 e. The molecule has 0 aromatic carbocycles. The smallest absolute Gasteiger partial charge is 0.274 e. The molecule has 3 aromatic heterocycles. The number of pyridine rings is 1. The van der Waals surface area contributed by atoms with Crippen LogP contribution >= 0.6 is 0 Å². The first-order chi connectivity index (χ1) is 17.5. The van der Waals surface area contributed by atoms with E-state index in [2.05, 4.69) is 20.7 Å². The number of halogens is 1. The summed E-state index contributed by atoms with van der Waals surface area (Å²) in [6.07, 6.45) is 7.24. The summed E-state index contributed by atoms with van der Waals surface area (Å²) in [6, 6.07) is 5.36. The summed E-state index contributed by atoms with van der Waals surface area (Å²) in [7, 11) is 3.45. The van der Waals surface area contributed by atoms with Crippen molar-refractivity contribution < 1.29 is 13.9 Å². The fraction of sp³-hybridized carbons (Fsp3) is 0.520. The van der Waals surface area contributed by atoms with Gasteiger partial charge in [0, 0.05) is 39.0 Å². The number of ether oxygens (including phenoxy) is 1. The molecule has 1 saturated carbocycles. The Kier molecular flexibility index (Phi) is 6.90. The fourth-order valence-corrected chi connectivity index (χ4v) is 5.25. The lowest BCUT2D eigenvalue weighted by atomic mass is 9.92. The highest BCUT2D eigenvalue weighted by Crippen LogP contribution is 2.29. The van der Waals surface area contributed by atoms with Crippen LogP contribution < -0.4 is 16.2 Å². The fourth-order valence-electron chi connectivity index (χ4n) is 5.25. The first-order valence-corrected chi connectivity index (χ1v) is 12.5. The second kappa shape index (κ2) is 10.3. The van der Waals surface area contributed by atoms with Gasteiger partial charge in [-0.05, 0) is 50.7 Å². The number of rotatable bonds is 6. The number of carbonyl (C=O) groups is 1. The maximum Gasteiger partial charge on any atom is 0.274 e. The van der Waals surface area contributed by atoms with E-state index in [9.17, 15) is 14.0 Å². The molecule has 4 heterocycles. The monoisotopic (exact) mass is 497 g/mol. The molecule has 0 spiro atoms. The van der Waals surface area contributed by atoms with E-state index in [1.54, 1.807) is 30.9 Å². The van der Waals surface area contributed by atoms with Crippen LogP contribution in [0.25, 0.3) is 5.65 Å². The molecule has 36 heavy (non-hydrogen) atoms. The molecule has 11 heteroatoms. The van der Waals surface area contributed by atoms with E-state index >= 15 is 0 Å². The van der Waals surface area contributed by atoms with Crippen LogP contribution in [0.4, 0.5) is 21.7 Å². The zero-order chi connectivity index (χ0) is 25.2. The number of methoxy groups -OCH3 is 1. The van der Waals surface area contributed by atoms with Gasteiger partial charge in [-0.3, -0.25) is 9.59 Å². The second-order valence-electron chi connectivity index (χ2n) is 9.50. The SMILES string of the molecule is CNc1cc(Nc2cccn([C@@H]3CCC[C@@H](OC)C3)c2=O)nc2c(C(=O)N3CCC[C@H](F)C3)cnn12. The third kappa shape index (κ3) is 4.67. The molecule has 1 aliphatic carbocycles. The predicted molar refractivity (Wildman–Crippen MR) is 135 cm³/mol. The van der Waals surface area contributed by atoms with Crippen molar-refractivity contribution >= 4 is 28.9 Å². The molecule has 3 atom stereocenters. The Hall–Kier alpha value is -3.47. The molecule has 1 saturated heterocycles. The minimum atomic E-state index is -1.02. The third-order valence-electron chi connectivity index (χ3n) is 7.17. The lowest BCUT2D eigenvalue weighted by Crippen LogP contribution is -2.40. The minimum absolute atomic E-state index is 0.0711. The number of fused-ring (bicyclic) bond motifs is 1. The number of hydrogen-bond acceptors (Lipinski definition) is 7. The maximum absolute atomic E-state index is 13.9. The van der Waals surface area contributed by atoms with Gasteiger partial charge in [-0.25, -0.2) is 9.37 Å². The molecule has 5 rings (SSSR count). The summed E-state index contributed by atoms with van der Waals surface area (Å²) in [5, 5.41) is 10.5. The number of aromatic nitrogens is 4. The van der Waals surface area contributed by atoms with Crippen molar-refractivity contribution in [2.45, 2.75) is 56.8 Å². The van der Waals surface area contributed by atoms with Gasteiger partial charge in [0.1, 0.15) is 29.1 Å². The van der Waals surface area contributed by atoms with Gasteiger partial charge in [-0.1, -0.05) is 0 Å². The molecule has 1 amide bonds. The van der Waals surface area contributed by atoms with Crippen LogP contribution in [0.5, 0.6) is 0 Å². The van der Waals surface area contributed by atoms with Crippen molar-refractivity contribution in [3.63, 3.8) is 0 Å². The van der Waals surface area contributed by atoms with Crippen molar-refractivity contribution in [2.75, 3.05) is 37.9 Å². The summed E-state index contributed by atoms with van der Waals surface area (Å²) in [6.45, 7) is 0.573. The Bertz CT molecular complexity index is 1310. The van der Waals surface area contributed by atoms with Gasteiger partial charge in [0.05, 0.1) is 18.8 Å². The number of alkyl halides is 1. The normalized spacial score (nSPS) is 22.5. The van der Waals surface area contributed by atoms with E-state index < -0.39 is 6.17 Å². The van der Waals surface area contributed by atoms with Gasteiger partial charge in [0.2, 0.25) is 0 Å². The first kappa shape index (κ1) is 24.2. The zero-order valence-electron chi connectivity index (χ0n) is 20.6. The third-order valence-corrected chi connectivity index (χ3v) is 7.17. The predicted octanol–water partition coefficient (Wildman–Crippen LogP) is 3.38. The van der Waals surface area contributed by atoms with Crippen LogP contribution in [0, 0.1) is 0 Å². The molecular formula is C25H32FN7O3. The molecule has 0 unspecified atom stereocenters. The number of amides is 1. The average molecular weight is 498 g/mol. The molecule has 0 bridgehead atoms. The number of nitrogens with zero attached hydrogens (tertiary/aromatic N) is 5.